The first-order chi connectivity index (χ1) is 11.6. The molecule has 0 N–H and O–H groups in total. The van der Waals surface area contributed by atoms with Crippen molar-refractivity contribution in [3.05, 3.63) is 29.3 Å². The summed E-state index contributed by atoms with van der Waals surface area (Å²) < 4.78 is 11.3. The second-order valence-electron chi connectivity index (χ2n) is 7.09. The number of hydrogen-bond donors (Lipinski definition) is 0. The van der Waals surface area contributed by atoms with Crippen molar-refractivity contribution in [2.75, 3.05) is 39.5 Å². The minimum atomic E-state index is 0.222. The third kappa shape index (κ3) is 4.48. The van der Waals surface area contributed by atoms with Crippen LogP contribution in [-0.2, 0) is 22.6 Å². The van der Waals surface area contributed by atoms with Gasteiger partial charge in [-0.05, 0) is 23.6 Å². The lowest BCUT2D eigenvalue weighted by Crippen LogP contribution is -2.35. The molecule has 1 saturated heterocycles. The van der Waals surface area contributed by atoms with Gasteiger partial charge in [0.1, 0.15) is 12.4 Å². The van der Waals surface area contributed by atoms with Gasteiger partial charge in [0.2, 0.25) is 5.91 Å². The Hall–Kier alpha value is -1.59. The molecule has 2 aliphatic rings. The van der Waals surface area contributed by atoms with Crippen LogP contribution in [0.4, 0.5) is 0 Å². The van der Waals surface area contributed by atoms with Gasteiger partial charge >= 0.3 is 0 Å². The Kier molecular flexibility index (Phi) is 5.74. The summed E-state index contributed by atoms with van der Waals surface area (Å²) in [5.41, 5.74) is 2.40. The summed E-state index contributed by atoms with van der Waals surface area (Å²) in [5, 5.41) is 0. The number of morpholine rings is 1. The Morgan fingerprint density at radius 1 is 1.17 bits per heavy atom. The summed E-state index contributed by atoms with van der Waals surface area (Å²) in [4.78, 5) is 16.8. The molecule has 2 aliphatic heterocycles. The van der Waals surface area contributed by atoms with Gasteiger partial charge < -0.3 is 14.4 Å². The number of carbonyl (C=O) groups excluding carboxylic acids is 1. The van der Waals surface area contributed by atoms with Crippen molar-refractivity contribution in [3.8, 4) is 5.75 Å². The average molecular weight is 332 g/mol. The second-order valence-corrected chi connectivity index (χ2v) is 7.09. The van der Waals surface area contributed by atoms with Crippen LogP contribution in [0.25, 0.3) is 0 Å². The van der Waals surface area contributed by atoms with Crippen LogP contribution >= 0.6 is 0 Å². The van der Waals surface area contributed by atoms with Gasteiger partial charge in [0.05, 0.1) is 19.8 Å². The van der Waals surface area contributed by atoms with Crippen LogP contribution in [0.2, 0.25) is 0 Å². The van der Waals surface area contributed by atoms with Gasteiger partial charge in [0, 0.05) is 38.2 Å². The number of nitrogens with zero attached hydrogens (tertiary/aromatic N) is 2. The van der Waals surface area contributed by atoms with E-state index >= 15 is 0 Å². The summed E-state index contributed by atoms with van der Waals surface area (Å²) >= 11 is 0. The zero-order chi connectivity index (χ0) is 16.9. The number of ether oxygens (including phenoxy) is 2. The third-order valence-corrected chi connectivity index (χ3v) is 4.55. The molecule has 3 rings (SSSR count). The van der Waals surface area contributed by atoms with Crippen LogP contribution in [0, 0.1) is 5.92 Å². The zero-order valence-electron chi connectivity index (χ0n) is 14.8. The van der Waals surface area contributed by atoms with Gasteiger partial charge in [-0.1, -0.05) is 19.9 Å². The van der Waals surface area contributed by atoms with Gasteiger partial charge in [-0.15, -0.1) is 0 Å². The Labute approximate surface area is 144 Å². The summed E-state index contributed by atoms with van der Waals surface area (Å²) in [6.45, 7) is 10.6. The van der Waals surface area contributed by atoms with E-state index in [2.05, 4.69) is 36.9 Å². The molecule has 0 atom stereocenters. The lowest BCUT2D eigenvalue weighted by molar-refractivity contribution is -0.132. The molecular weight excluding hydrogens is 304 g/mol. The summed E-state index contributed by atoms with van der Waals surface area (Å²) in [5.74, 6) is 1.52. The van der Waals surface area contributed by atoms with Crippen LogP contribution in [0.5, 0.6) is 5.75 Å². The number of hydrogen-bond acceptors (Lipinski definition) is 4. The second kappa shape index (κ2) is 7.99. The van der Waals surface area contributed by atoms with E-state index in [1.807, 2.05) is 4.90 Å². The van der Waals surface area contributed by atoms with Crippen LogP contribution in [-0.4, -0.2) is 55.2 Å². The molecule has 1 amide bonds. The highest BCUT2D eigenvalue weighted by Gasteiger charge is 2.21. The van der Waals surface area contributed by atoms with E-state index in [-0.39, 0.29) is 5.91 Å². The Bertz CT molecular complexity index is 568. The highest BCUT2D eigenvalue weighted by atomic mass is 16.5. The molecule has 1 aromatic rings. The van der Waals surface area contributed by atoms with E-state index in [1.165, 1.54) is 5.56 Å². The maximum absolute atomic E-state index is 12.4. The molecule has 0 unspecified atom stereocenters. The minimum absolute atomic E-state index is 0.222. The molecule has 132 valence electrons. The van der Waals surface area contributed by atoms with E-state index in [0.717, 1.165) is 44.2 Å². The SMILES string of the molecule is CC(C)CC(=O)N1CCOc2ccc(CN3CCOCC3)cc2C1. The summed E-state index contributed by atoms with van der Waals surface area (Å²) in [6.07, 6.45) is 0.600. The van der Waals surface area contributed by atoms with E-state index in [9.17, 15) is 4.79 Å². The first-order valence-corrected chi connectivity index (χ1v) is 8.94. The van der Waals surface area contributed by atoms with E-state index in [4.69, 9.17) is 9.47 Å². The highest BCUT2D eigenvalue weighted by molar-refractivity contribution is 5.76. The fourth-order valence-electron chi connectivity index (χ4n) is 3.25. The molecule has 0 aromatic heterocycles. The van der Waals surface area contributed by atoms with Crippen LogP contribution in [0.1, 0.15) is 31.4 Å². The Morgan fingerprint density at radius 2 is 1.96 bits per heavy atom. The molecule has 1 fully saturated rings. The van der Waals surface area contributed by atoms with E-state index in [1.54, 1.807) is 0 Å². The molecule has 5 heteroatoms. The largest absolute Gasteiger partial charge is 0.491 e. The topological polar surface area (TPSA) is 42.0 Å². The summed E-state index contributed by atoms with van der Waals surface area (Å²) in [6, 6.07) is 6.40. The number of rotatable bonds is 4. The van der Waals surface area contributed by atoms with Crippen molar-refractivity contribution in [2.24, 2.45) is 5.92 Å². The van der Waals surface area contributed by atoms with Crippen LogP contribution in [0.3, 0.4) is 0 Å². The molecule has 24 heavy (non-hydrogen) atoms. The molecular formula is C19H28N2O3. The smallest absolute Gasteiger partial charge is 0.223 e. The highest BCUT2D eigenvalue weighted by Crippen LogP contribution is 2.25. The van der Waals surface area contributed by atoms with Crippen LogP contribution in [0.15, 0.2) is 18.2 Å². The predicted octanol–water partition coefficient (Wildman–Crippen LogP) is 2.29. The van der Waals surface area contributed by atoms with Gasteiger partial charge in [-0.2, -0.15) is 0 Å². The van der Waals surface area contributed by atoms with Gasteiger partial charge in [0.25, 0.3) is 0 Å². The molecule has 1 aromatic carbocycles. The maximum atomic E-state index is 12.4. The lowest BCUT2D eigenvalue weighted by Gasteiger charge is -2.27. The number of carbonyl (C=O) groups is 1. The molecule has 0 bridgehead atoms. The monoisotopic (exact) mass is 332 g/mol. The third-order valence-electron chi connectivity index (χ3n) is 4.55. The normalized spacial score (nSPS) is 18.9. The number of benzene rings is 1. The first kappa shape index (κ1) is 17.2. The number of fused-ring (bicyclic) bond motifs is 1. The molecule has 0 spiro atoms. The van der Waals surface area contributed by atoms with Crippen molar-refractivity contribution in [3.63, 3.8) is 0 Å². The molecule has 0 radical (unpaired) electrons. The Morgan fingerprint density at radius 3 is 2.71 bits per heavy atom. The van der Waals surface area contributed by atoms with Crippen molar-refractivity contribution in [2.45, 2.75) is 33.4 Å². The van der Waals surface area contributed by atoms with Crippen molar-refractivity contribution in [1.82, 2.24) is 9.80 Å². The number of amides is 1. The lowest BCUT2D eigenvalue weighted by atomic mass is 10.1. The van der Waals surface area contributed by atoms with Crippen LogP contribution < -0.4 is 4.74 Å². The average Bonchev–Trinajstić information content (AvgIpc) is 2.77. The standard InChI is InChI=1S/C19H28N2O3/c1-15(2)11-19(22)21-7-10-24-18-4-3-16(12-17(18)14-21)13-20-5-8-23-9-6-20/h3-4,12,15H,5-11,13-14H2,1-2H3. The molecule has 5 nitrogen and oxygen atoms in total. The van der Waals surface area contributed by atoms with E-state index < -0.39 is 0 Å². The fourth-order valence-corrected chi connectivity index (χ4v) is 3.25. The van der Waals surface area contributed by atoms with Crippen molar-refractivity contribution >= 4 is 5.91 Å². The molecule has 0 saturated carbocycles. The quantitative estimate of drug-likeness (QED) is 0.848. The first-order valence-electron chi connectivity index (χ1n) is 8.94. The van der Waals surface area contributed by atoms with Crippen molar-refractivity contribution < 1.29 is 14.3 Å². The predicted molar refractivity (Wildman–Crippen MR) is 92.9 cm³/mol. The van der Waals surface area contributed by atoms with E-state index in [0.29, 0.717) is 32.0 Å². The molecule has 0 aliphatic carbocycles. The summed E-state index contributed by atoms with van der Waals surface area (Å²) in [7, 11) is 0. The van der Waals surface area contributed by atoms with Crippen molar-refractivity contribution in [1.29, 1.82) is 0 Å². The van der Waals surface area contributed by atoms with Gasteiger partial charge in [0.15, 0.2) is 0 Å². The Balaban J connectivity index is 1.70. The molecule has 2 heterocycles. The van der Waals surface area contributed by atoms with Gasteiger partial charge in [-0.25, -0.2) is 0 Å². The zero-order valence-corrected chi connectivity index (χ0v) is 14.8. The fraction of sp³-hybridized carbons (Fsp3) is 0.632. The maximum Gasteiger partial charge on any atom is 0.223 e. The minimum Gasteiger partial charge on any atom is -0.491 e. The van der Waals surface area contributed by atoms with Gasteiger partial charge in [-0.3, -0.25) is 9.69 Å².